The van der Waals surface area contributed by atoms with E-state index in [1.54, 1.807) is 14.2 Å². The van der Waals surface area contributed by atoms with Gasteiger partial charge in [-0.1, -0.05) is 19.1 Å². The van der Waals surface area contributed by atoms with E-state index in [9.17, 15) is 4.79 Å². The Balaban J connectivity index is 1.19. The molecular weight excluding hydrogens is 496 g/mol. The van der Waals surface area contributed by atoms with E-state index >= 15 is 0 Å². The van der Waals surface area contributed by atoms with Crippen molar-refractivity contribution in [2.75, 3.05) is 66.8 Å². The van der Waals surface area contributed by atoms with E-state index in [2.05, 4.69) is 22.8 Å². The summed E-state index contributed by atoms with van der Waals surface area (Å²) >= 11 is 0. The van der Waals surface area contributed by atoms with Gasteiger partial charge in [0.05, 0.1) is 45.6 Å². The highest BCUT2D eigenvalue weighted by Gasteiger charge is 2.65. The van der Waals surface area contributed by atoms with E-state index in [1.807, 2.05) is 12.1 Å². The van der Waals surface area contributed by atoms with Crippen molar-refractivity contribution in [3.05, 3.63) is 23.8 Å². The fraction of sp³-hybridized carbons (Fsp3) is 0.774. The number of carbonyl (C=O) groups excluding carboxylic acids is 1. The molecule has 0 bridgehead atoms. The van der Waals surface area contributed by atoms with Crippen LogP contribution in [0, 0.1) is 23.2 Å². The molecule has 6 atom stereocenters. The number of benzene rings is 1. The summed E-state index contributed by atoms with van der Waals surface area (Å²) in [7, 11) is 3.37. The van der Waals surface area contributed by atoms with Crippen molar-refractivity contribution in [1.29, 1.82) is 0 Å². The topological polar surface area (TPSA) is 73.0 Å². The predicted molar refractivity (Wildman–Crippen MR) is 147 cm³/mol. The Bertz CT molecular complexity index is 1020. The maximum Gasteiger partial charge on any atom is 0.310 e. The zero-order valence-corrected chi connectivity index (χ0v) is 24.0. The molecule has 0 radical (unpaired) electrons. The Hall–Kier alpha value is -1.87. The van der Waals surface area contributed by atoms with E-state index in [0.29, 0.717) is 19.0 Å². The first-order chi connectivity index (χ1) is 18.9. The molecule has 1 aromatic rings. The zero-order chi connectivity index (χ0) is 27.0. The predicted octanol–water partition coefficient (Wildman–Crippen LogP) is 3.76. The Morgan fingerprint density at radius 1 is 1.15 bits per heavy atom. The summed E-state index contributed by atoms with van der Waals surface area (Å²) in [5.41, 5.74) is 1.37. The van der Waals surface area contributed by atoms with Gasteiger partial charge in [-0.05, 0) is 69.0 Å². The van der Waals surface area contributed by atoms with Crippen LogP contribution in [-0.4, -0.2) is 94.2 Å². The van der Waals surface area contributed by atoms with Gasteiger partial charge in [-0.3, -0.25) is 14.6 Å². The largest absolute Gasteiger partial charge is 0.493 e. The van der Waals surface area contributed by atoms with Crippen LogP contribution in [0.4, 0.5) is 0 Å². The molecule has 0 unspecified atom stereocenters. The lowest BCUT2D eigenvalue weighted by molar-refractivity contribution is -0.147. The van der Waals surface area contributed by atoms with Crippen LogP contribution in [0.2, 0.25) is 0 Å². The zero-order valence-electron chi connectivity index (χ0n) is 24.0. The molecule has 6 rings (SSSR count). The van der Waals surface area contributed by atoms with Gasteiger partial charge in [-0.2, -0.15) is 0 Å². The van der Waals surface area contributed by atoms with E-state index in [4.69, 9.17) is 23.7 Å². The second-order valence-electron chi connectivity index (χ2n) is 12.8. The number of ether oxygens (including phenoxy) is 5. The summed E-state index contributed by atoms with van der Waals surface area (Å²) in [5.74, 6) is 2.20. The molecule has 5 aliphatic rings. The summed E-state index contributed by atoms with van der Waals surface area (Å²) in [4.78, 5) is 18.3. The molecule has 39 heavy (non-hydrogen) atoms. The van der Waals surface area contributed by atoms with Gasteiger partial charge in [-0.15, -0.1) is 0 Å². The number of hydrogen-bond donors (Lipinski definition) is 0. The number of fused-ring (bicyclic) bond motifs is 3. The molecule has 0 N–H and O–H groups in total. The van der Waals surface area contributed by atoms with Crippen molar-refractivity contribution in [2.24, 2.45) is 23.2 Å². The van der Waals surface area contributed by atoms with E-state index in [1.165, 1.54) is 19.3 Å². The molecule has 2 aliphatic carbocycles. The van der Waals surface area contributed by atoms with Crippen LogP contribution in [0.25, 0.3) is 0 Å². The standard InChI is InChI=1S/C31H46N2O6/c1-30-9-5-10-31(21-38-31)27(30)17-23-24(29(34)39-26(23)18-30)20-33(12-6-11-32-13-15-37-16-14-32)19-22-7-4-8-25(35-2)28(22)36-3/h4,7-8,23-24,26-27H,5-6,9-21H2,1-3H3/t23-,24+,26+,27+,30+,31-/m0/s1. The molecule has 0 amide bonds. The van der Waals surface area contributed by atoms with Crippen LogP contribution >= 0.6 is 0 Å². The second-order valence-corrected chi connectivity index (χ2v) is 12.8. The minimum Gasteiger partial charge on any atom is -0.493 e. The number of morpholine rings is 1. The van der Waals surface area contributed by atoms with Gasteiger partial charge >= 0.3 is 5.97 Å². The summed E-state index contributed by atoms with van der Waals surface area (Å²) in [6.45, 7) is 10.3. The number of epoxide rings is 1. The molecular formula is C31H46N2O6. The third-order valence-electron chi connectivity index (χ3n) is 10.5. The molecule has 216 valence electrons. The fourth-order valence-corrected chi connectivity index (χ4v) is 8.34. The molecule has 0 aromatic heterocycles. The van der Waals surface area contributed by atoms with Gasteiger partial charge < -0.3 is 23.7 Å². The van der Waals surface area contributed by atoms with Crippen LogP contribution in [-0.2, 0) is 25.5 Å². The highest BCUT2D eigenvalue weighted by molar-refractivity contribution is 5.75. The quantitative estimate of drug-likeness (QED) is 0.327. The van der Waals surface area contributed by atoms with Crippen molar-refractivity contribution in [3.63, 3.8) is 0 Å². The van der Waals surface area contributed by atoms with Crippen molar-refractivity contribution in [2.45, 2.75) is 63.7 Å². The molecule has 3 aliphatic heterocycles. The summed E-state index contributed by atoms with van der Waals surface area (Å²) < 4.78 is 29.1. The summed E-state index contributed by atoms with van der Waals surface area (Å²) in [5, 5.41) is 0. The number of carbonyl (C=O) groups is 1. The van der Waals surface area contributed by atoms with Gasteiger partial charge in [0.25, 0.3) is 0 Å². The minimum absolute atomic E-state index is 0.00574. The number of nitrogens with zero attached hydrogens (tertiary/aromatic N) is 2. The molecule has 2 saturated carbocycles. The first-order valence-electron chi connectivity index (χ1n) is 15.0. The van der Waals surface area contributed by atoms with Crippen molar-refractivity contribution >= 4 is 5.97 Å². The molecule has 8 nitrogen and oxygen atoms in total. The number of methoxy groups -OCH3 is 2. The first kappa shape index (κ1) is 27.3. The molecule has 3 saturated heterocycles. The highest BCUT2D eigenvalue weighted by atomic mass is 16.6. The summed E-state index contributed by atoms with van der Waals surface area (Å²) in [6, 6.07) is 6.06. The van der Waals surface area contributed by atoms with Gasteiger partial charge in [0.15, 0.2) is 11.5 Å². The average molecular weight is 543 g/mol. The minimum atomic E-state index is -0.0998. The summed E-state index contributed by atoms with van der Waals surface area (Å²) in [6.07, 6.45) is 6.73. The van der Waals surface area contributed by atoms with Gasteiger partial charge in [0, 0.05) is 37.7 Å². The van der Waals surface area contributed by atoms with E-state index < -0.39 is 0 Å². The maximum absolute atomic E-state index is 13.4. The number of hydrogen-bond acceptors (Lipinski definition) is 8. The number of rotatable bonds is 10. The number of esters is 1. The highest BCUT2D eigenvalue weighted by Crippen LogP contribution is 2.62. The van der Waals surface area contributed by atoms with Crippen molar-refractivity contribution in [1.82, 2.24) is 9.80 Å². The van der Waals surface area contributed by atoms with Crippen molar-refractivity contribution in [3.8, 4) is 11.5 Å². The monoisotopic (exact) mass is 542 g/mol. The second kappa shape index (κ2) is 11.2. The molecule has 1 aromatic carbocycles. The van der Waals surface area contributed by atoms with Crippen molar-refractivity contribution < 1.29 is 28.5 Å². The lowest BCUT2D eigenvalue weighted by Gasteiger charge is -2.51. The maximum atomic E-state index is 13.4. The van der Waals surface area contributed by atoms with E-state index in [-0.39, 0.29) is 34.9 Å². The fourth-order valence-electron chi connectivity index (χ4n) is 8.34. The van der Waals surface area contributed by atoms with E-state index in [0.717, 1.165) is 82.3 Å². The third kappa shape index (κ3) is 5.42. The van der Waals surface area contributed by atoms with Crippen LogP contribution in [0.15, 0.2) is 18.2 Å². The smallest absolute Gasteiger partial charge is 0.310 e. The number of para-hydroxylation sites is 1. The van der Waals surface area contributed by atoms with Crippen LogP contribution < -0.4 is 9.47 Å². The Morgan fingerprint density at radius 3 is 2.72 bits per heavy atom. The Morgan fingerprint density at radius 2 is 1.97 bits per heavy atom. The first-order valence-corrected chi connectivity index (χ1v) is 15.0. The lowest BCUT2D eigenvalue weighted by Crippen LogP contribution is -2.51. The van der Waals surface area contributed by atoms with Crippen LogP contribution in [0.5, 0.6) is 11.5 Å². The third-order valence-corrected chi connectivity index (χ3v) is 10.5. The normalized spacial score (nSPS) is 35.9. The van der Waals surface area contributed by atoms with Gasteiger partial charge in [0.2, 0.25) is 0 Å². The molecule has 8 heteroatoms. The van der Waals surface area contributed by atoms with Gasteiger partial charge in [-0.25, -0.2) is 0 Å². The average Bonchev–Trinajstić information content (AvgIpc) is 3.64. The molecule has 5 fully saturated rings. The Labute approximate surface area is 233 Å². The SMILES string of the molecule is COc1cccc(CN(CCCN2CCOCC2)C[C@H]2C(=O)O[C@@H]3C[C@@]4(C)CCC[C@]5(CO5)[C@@H]4C[C@H]32)c1OC. The van der Waals surface area contributed by atoms with Crippen LogP contribution in [0.1, 0.15) is 51.0 Å². The molecule has 3 heterocycles. The van der Waals surface area contributed by atoms with Gasteiger partial charge in [0.1, 0.15) is 6.10 Å². The Kier molecular flexibility index (Phi) is 7.83. The lowest BCUT2D eigenvalue weighted by atomic mass is 9.53. The van der Waals surface area contributed by atoms with Crippen LogP contribution in [0.3, 0.4) is 0 Å². The molecule has 1 spiro atoms.